The van der Waals surface area contributed by atoms with Gasteiger partial charge in [0.2, 0.25) is 12.7 Å². The molecular formula is C21H15FN6O4S. The normalized spacial score (nSPS) is 12.0. The van der Waals surface area contributed by atoms with Crippen LogP contribution in [0, 0.1) is 5.82 Å². The van der Waals surface area contributed by atoms with E-state index in [-0.39, 0.29) is 18.4 Å². The molecule has 5 rings (SSSR count). The largest absolute Gasteiger partial charge is 0.454 e. The SMILES string of the molecule is O=C(CSc1ncnc2c1cnn2-c1ccc(F)cc1)NC(=O)Nc1ccc2c(c1)OCO2. The summed E-state index contributed by atoms with van der Waals surface area (Å²) >= 11 is 1.14. The van der Waals surface area contributed by atoms with Gasteiger partial charge in [-0.15, -0.1) is 0 Å². The molecule has 166 valence electrons. The van der Waals surface area contributed by atoms with Gasteiger partial charge in [0.1, 0.15) is 17.2 Å². The van der Waals surface area contributed by atoms with Crippen LogP contribution in [0.3, 0.4) is 0 Å². The summed E-state index contributed by atoms with van der Waals surface area (Å²) in [4.78, 5) is 32.9. The first-order valence-corrected chi connectivity index (χ1v) is 10.6. The first-order valence-electron chi connectivity index (χ1n) is 9.65. The number of hydrogen-bond donors (Lipinski definition) is 2. The highest BCUT2D eigenvalue weighted by Gasteiger charge is 2.16. The summed E-state index contributed by atoms with van der Waals surface area (Å²) in [5, 5.41) is 10.3. The van der Waals surface area contributed by atoms with Crippen molar-refractivity contribution in [1.29, 1.82) is 0 Å². The van der Waals surface area contributed by atoms with Crippen molar-refractivity contribution in [1.82, 2.24) is 25.1 Å². The third-order valence-corrected chi connectivity index (χ3v) is 5.63. The predicted molar refractivity (Wildman–Crippen MR) is 117 cm³/mol. The number of benzene rings is 2. The third-order valence-electron chi connectivity index (χ3n) is 4.62. The smallest absolute Gasteiger partial charge is 0.325 e. The molecule has 0 bridgehead atoms. The molecule has 0 unspecified atom stereocenters. The summed E-state index contributed by atoms with van der Waals surface area (Å²) < 4.78 is 25.2. The van der Waals surface area contributed by atoms with Gasteiger partial charge in [0.05, 0.1) is 23.0 Å². The van der Waals surface area contributed by atoms with Crippen LogP contribution in [0.25, 0.3) is 16.7 Å². The molecule has 1 aliphatic heterocycles. The van der Waals surface area contributed by atoms with E-state index >= 15 is 0 Å². The van der Waals surface area contributed by atoms with Gasteiger partial charge in [0.25, 0.3) is 0 Å². The molecular weight excluding hydrogens is 451 g/mol. The lowest BCUT2D eigenvalue weighted by atomic mass is 10.3. The van der Waals surface area contributed by atoms with E-state index < -0.39 is 11.9 Å². The number of hydrogen-bond acceptors (Lipinski definition) is 8. The molecule has 0 fully saturated rings. The van der Waals surface area contributed by atoms with E-state index in [1.54, 1.807) is 41.2 Å². The Morgan fingerprint density at radius 3 is 2.76 bits per heavy atom. The molecule has 3 heterocycles. The van der Waals surface area contributed by atoms with Crippen LogP contribution in [0.2, 0.25) is 0 Å². The van der Waals surface area contributed by atoms with Gasteiger partial charge in [-0.1, -0.05) is 11.8 Å². The predicted octanol–water partition coefficient (Wildman–Crippen LogP) is 3.12. The Hall–Kier alpha value is -4.19. The molecule has 0 radical (unpaired) electrons. The highest BCUT2D eigenvalue weighted by molar-refractivity contribution is 8.00. The van der Waals surface area contributed by atoms with E-state index in [2.05, 4.69) is 25.7 Å². The van der Waals surface area contributed by atoms with Gasteiger partial charge in [-0.2, -0.15) is 5.10 Å². The zero-order chi connectivity index (χ0) is 22.8. The number of carbonyl (C=O) groups excluding carboxylic acids is 2. The Balaban J connectivity index is 1.22. The molecule has 0 saturated carbocycles. The number of fused-ring (bicyclic) bond motifs is 2. The number of anilines is 1. The fourth-order valence-electron chi connectivity index (χ4n) is 3.14. The van der Waals surface area contributed by atoms with Crippen molar-refractivity contribution >= 4 is 40.4 Å². The molecule has 0 aliphatic carbocycles. The van der Waals surface area contributed by atoms with Gasteiger partial charge < -0.3 is 14.8 Å². The monoisotopic (exact) mass is 466 g/mol. The Kier molecular flexibility index (Phi) is 5.48. The molecule has 2 N–H and O–H groups in total. The number of nitrogens with one attached hydrogen (secondary N) is 2. The number of imide groups is 1. The van der Waals surface area contributed by atoms with Gasteiger partial charge in [-0.25, -0.2) is 23.8 Å². The molecule has 0 atom stereocenters. The summed E-state index contributed by atoms with van der Waals surface area (Å²) in [7, 11) is 0. The molecule has 2 aromatic carbocycles. The molecule has 10 nitrogen and oxygen atoms in total. The van der Waals surface area contributed by atoms with Crippen LogP contribution in [0.1, 0.15) is 0 Å². The Morgan fingerprint density at radius 1 is 1.09 bits per heavy atom. The van der Waals surface area contributed by atoms with Crippen molar-refractivity contribution in [2.24, 2.45) is 0 Å². The van der Waals surface area contributed by atoms with Gasteiger partial charge in [-0.05, 0) is 36.4 Å². The third kappa shape index (κ3) is 4.41. The minimum Gasteiger partial charge on any atom is -0.454 e. The van der Waals surface area contributed by atoms with Crippen molar-refractivity contribution < 1.29 is 23.5 Å². The summed E-state index contributed by atoms with van der Waals surface area (Å²) in [6.07, 6.45) is 2.93. The van der Waals surface area contributed by atoms with Gasteiger partial charge in [-0.3, -0.25) is 10.1 Å². The highest BCUT2D eigenvalue weighted by Crippen LogP contribution is 2.34. The number of rotatable bonds is 5. The molecule has 1 aliphatic rings. The van der Waals surface area contributed by atoms with Crippen molar-refractivity contribution in [3.05, 3.63) is 60.8 Å². The van der Waals surface area contributed by atoms with Crippen LogP contribution in [0.15, 0.2) is 60.0 Å². The lowest BCUT2D eigenvalue weighted by molar-refractivity contribution is -0.117. The summed E-state index contributed by atoms with van der Waals surface area (Å²) in [5.41, 5.74) is 1.61. The first kappa shape index (κ1) is 20.7. The maximum absolute atomic E-state index is 13.2. The number of carbonyl (C=O) groups is 2. The summed E-state index contributed by atoms with van der Waals surface area (Å²) in [5.74, 6) is 0.198. The number of ether oxygens (including phenoxy) is 2. The minimum absolute atomic E-state index is 0.0532. The fourth-order valence-corrected chi connectivity index (χ4v) is 3.90. The number of nitrogens with zero attached hydrogens (tertiary/aromatic N) is 4. The molecule has 2 aromatic heterocycles. The summed E-state index contributed by atoms with van der Waals surface area (Å²) in [6, 6.07) is 10.1. The van der Waals surface area contributed by atoms with Crippen molar-refractivity contribution in [2.45, 2.75) is 5.03 Å². The Bertz CT molecular complexity index is 1360. The number of halogens is 1. The quantitative estimate of drug-likeness (QED) is 0.340. The Labute approximate surface area is 190 Å². The maximum Gasteiger partial charge on any atom is 0.325 e. The minimum atomic E-state index is -0.670. The van der Waals surface area contributed by atoms with Gasteiger partial charge in [0, 0.05) is 11.8 Å². The average molecular weight is 466 g/mol. The molecule has 0 saturated heterocycles. The van der Waals surface area contributed by atoms with E-state index in [0.29, 0.717) is 38.9 Å². The van der Waals surface area contributed by atoms with Crippen LogP contribution < -0.4 is 20.1 Å². The number of thioether (sulfide) groups is 1. The van der Waals surface area contributed by atoms with Crippen molar-refractivity contribution in [3.8, 4) is 17.2 Å². The second-order valence-electron chi connectivity index (χ2n) is 6.81. The van der Waals surface area contributed by atoms with E-state index in [9.17, 15) is 14.0 Å². The van der Waals surface area contributed by atoms with Crippen molar-refractivity contribution in [3.63, 3.8) is 0 Å². The van der Waals surface area contributed by atoms with Crippen LogP contribution in [0.5, 0.6) is 11.5 Å². The molecule has 4 aromatic rings. The Morgan fingerprint density at radius 2 is 1.91 bits per heavy atom. The van der Waals surface area contributed by atoms with Gasteiger partial charge >= 0.3 is 6.03 Å². The molecule has 12 heteroatoms. The highest BCUT2D eigenvalue weighted by atomic mass is 32.2. The van der Waals surface area contributed by atoms with Crippen molar-refractivity contribution in [2.75, 3.05) is 17.9 Å². The standard InChI is InChI=1S/C21H15FN6O4S/c22-12-1-4-14(5-2-12)28-19-15(8-25-28)20(24-10-23-19)33-9-18(29)27-21(30)26-13-3-6-16-17(7-13)32-11-31-16/h1-8,10H,9,11H2,(H2,26,27,29,30). The fraction of sp³-hybridized carbons (Fsp3) is 0.0952. The van der Waals surface area contributed by atoms with E-state index in [1.807, 2.05) is 0 Å². The maximum atomic E-state index is 13.2. The first-order chi connectivity index (χ1) is 16.1. The second kappa shape index (κ2) is 8.74. The molecule has 33 heavy (non-hydrogen) atoms. The number of aromatic nitrogens is 4. The van der Waals surface area contributed by atoms with Crippen LogP contribution >= 0.6 is 11.8 Å². The topological polar surface area (TPSA) is 120 Å². The zero-order valence-electron chi connectivity index (χ0n) is 16.8. The van der Waals surface area contributed by atoms with E-state index in [1.165, 1.54) is 18.5 Å². The number of amides is 3. The average Bonchev–Trinajstić information content (AvgIpc) is 3.45. The zero-order valence-corrected chi connectivity index (χ0v) is 17.6. The molecule has 3 amide bonds. The molecule has 0 spiro atoms. The number of urea groups is 1. The lowest BCUT2D eigenvalue weighted by Crippen LogP contribution is -2.35. The second-order valence-corrected chi connectivity index (χ2v) is 7.77. The van der Waals surface area contributed by atoms with Crippen LogP contribution in [-0.4, -0.2) is 44.2 Å². The van der Waals surface area contributed by atoms with E-state index in [0.717, 1.165) is 11.8 Å². The lowest BCUT2D eigenvalue weighted by Gasteiger charge is -2.07. The van der Waals surface area contributed by atoms with Crippen LogP contribution in [-0.2, 0) is 4.79 Å². The van der Waals surface area contributed by atoms with E-state index in [4.69, 9.17) is 9.47 Å². The summed E-state index contributed by atoms with van der Waals surface area (Å²) in [6.45, 7) is 0.125. The van der Waals surface area contributed by atoms with Crippen LogP contribution in [0.4, 0.5) is 14.9 Å². The van der Waals surface area contributed by atoms with Gasteiger partial charge in [0.15, 0.2) is 17.1 Å².